The van der Waals surface area contributed by atoms with Gasteiger partial charge in [-0.2, -0.15) is 0 Å². The monoisotopic (exact) mass is 504 g/mol. The Kier molecular flexibility index (Phi) is 7.15. The maximum absolute atomic E-state index is 12.4. The first kappa shape index (κ1) is 25.1. The molecule has 2 N–H and O–H groups in total. The number of nitrogens with one attached hydrogen (secondary N) is 1. The average molecular weight is 504 g/mol. The zero-order valence-corrected chi connectivity index (χ0v) is 20.0. The van der Waals surface area contributed by atoms with Gasteiger partial charge in [-0.05, 0) is 12.1 Å². The number of carbonyl (C=O) groups is 2. The van der Waals surface area contributed by atoms with Crippen LogP contribution in [0.4, 0.5) is 0 Å². The van der Waals surface area contributed by atoms with E-state index >= 15 is 0 Å². The number of carbonyl (C=O) groups excluding carboxylic acids is 2. The molecule has 2 unspecified atom stereocenters. The number of rotatable bonds is 7. The fraction of sp³-hybridized carbons (Fsp3) is 0.391. The Labute approximate surface area is 202 Å². The predicted octanol–water partition coefficient (Wildman–Crippen LogP) is 0.974. The summed E-state index contributed by atoms with van der Waals surface area (Å²) in [6, 6.07) is 8.46. The van der Waals surface area contributed by atoms with Gasteiger partial charge in [0.05, 0.1) is 18.8 Å². The molecule has 0 spiro atoms. The molecular formula is C23H25N2O9P. The van der Waals surface area contributed by atoms with E-state index in [0.29, 0.717) is 5.56 Å². The minimum absolute atomic E-state index is 0.0561. The highest BCUT2D eigenvalue weighted by Gasteiger charge is 2.65. The zero-order valence-electron chi connectivity index (χ0n) is 19.1. The van der Waals surface area contributed by atoms with Gasteiger partial charge in [0.25, 0.3) is 5.91 Å². The van der Waals surface area contributed by atoms with Crippen molar-refractivity contribution >= 4 is 19.5 Å². The van der Waals surface area contributed by atoms with Crippen LogP contribution >= 0.6 is 7.60 Å². The number of amides is 1. The fourth-order valence-electron chi connectivity index (χ4n) is 4.08. The van der Waals surface area contributed by atoms with Crippen LogP contribution in [0.15, 0.2) is 54.5 Å². The van der Waals surface area contributed by atoms with Gasteiger partial charge in [0, 0.05) is 20.0 Å². The molecule has 2 fully saturated rings. The summed E-state index contributed by atoms with van der Waals surface area (Å²) < 4.78 is 39.8. The van der Waals surface area contributed by atoms with Gasteiger partial charge in [0.15, 0.2) is 12.8 Å². The van der Waals surface area contributed by atoms with Crippen LogP contribution in [0.5, 0.6) is 0 Å². The van der Waals surface area contributed by atoms with Crippen LogP contribution < -0.4 is 5.32 Å². The molecule has 2 saturated heterocycles. The number of nitrogens with zero attached hydrogens (tertiary/aromatic N) is 1. The number of hydrogen-bond acceptors (Lipinski definition) is 9. The topological polar surface area (TPSA) is 133 Å². The zero-order chi connectivity index (χ0) is 25.2. The van der Waals surface area contributed by atoms with E-state index in [1.165, 1.54) is 18.2 Å². The summed E-state index contributed by atoms with van der Waals surface area (Å²) >= 11 is 0. The second-order valence-electron chi connectivity index (χ2n) is 8.21. The van der Waals surface area contributed by atoms with Gasteiger partial charge in [0.2, 0.25) is 0 Å². The Morgan fingerprint density at radius 2 is 2.14 bits per heavy atom. The molecule has 11 nitrogen and oxygen atoms in total. The summed E-state index contributed by atoms with van der Waals surface area (Å²) in [5.74, 6) is 4.51. The molecule has 4 rings (SSSR count). The summed E-state index contributed by atoms with van der Waals surface area (Å²) in [5.41, 5.74) is -0.659. The number of ether oxygens (including phenoxy) is 4. The first-order valence-corrected chi connectivity index (χ1v) is 12.6. The van der Waals surface area contributed by atoms with E-state index < -0.39 is 43.5 Å². The van der Waals surface area contributed by atoms with Crippen LogP contribution in [0.25, 0.3) is 0 Å². The van der Waals surface area contributed by atoms with Crippen LogP contribution in [0, 0.1) is 11.8 Å². The van der Waals surface area contributed by atoms with E-state index in [1.807, 2.05) is 0 Å². The predicted molar refractivity (Wildman–Crippen MR) is 122 cm³/mol. The summed E-state index contributed by atoms with van der Waals surface area (Å²) in [6.45, 7) is 4.87. The highest BCUT2D eigenvalue weighted by molar-refractivity contribution is 7.51. The molecule has 1 amide bonds. The van der Waals surface area contributed by atoms with Crippen LogP contribution in [0.3, 0.4) is 0 Å². The molecule has 0 aromatic heterocycles. The molecule has 2 bridgehead atoms. The lowest BCUT2D eigenvalue weighted by atomic mass is 10.0. The van der Waals surface area contributed by atoms with Crippen LogP contribution in [-0.4, -0.2) is 79.3 Å². The number of methoxy groups -OCH3 is 1. The average Bonchev–Trinajstić information content (AvgIpc) is 3.28. The molecule has 0 aliphatic carbocycles. The Balaban J connectivity index is 1.50. The fourth-order valence-corrected chi connectivity index (χ4v) is 4.81. The molecule has 0 radical (unpaired) electrons. The van der Waals surface area contributed by atoms with Gasteiger partial charge in [-0.1, -0.05) is 36.6 Å². The second kappa shape index (κ2) is 9.95. The smallest absolute Gasteiger partial charge is 0.339 e. The maximum Gasteiger partial charge on any atom is 0.339 e. The first-order chi connectivity index (χ1) is 16.6. The summed E-state index contributed by atoms with van der Waals surface area (Å²) in [4.78, 5) is 35.8. The largest absolute Gasteiger partial charge is 0.449 e. The number of benzene rings is 1. The summed E-state index contributed by atoms with van der Waals surface area (Å²) in [7, 11) is -2.40. The van der Waals surface area contributed by atoms with Crippen molar-refractivity contribution in [2.24, 2.45) is 0 Å². The van der Waals surface area contributed by atoms with E-state index in [1.54, 1.807) is 30.3 Å². The lowest BCUT2D eigenvalue weighted by Crippen LogP contribution is -2.50. The van der Waals surface area contributed by atoms with Gasteiger partial charge in [0.1, 0.15) is 29.2 Å². The van der Waals surface area contributed by atoms with Crippen molar-refractivity contribution in [1.82, 2.24) is 10.2 Å². The number of esters is 1. The Hall–Kier alpha value is -2.97. The van der Waals surface area contributed by atoms with E-state index in [0.717, 1.165) is 6.66 Å². The molecule has 3 heterocycles. The van der Waals surface area contributed by atoms with Crippen molar-refractivity contribution in [3.8, 4) is 11.8 Å². The lowest BCUT2D eigenvalue weighted by molar-refractivity contribution is -0.196. The van der Waals surface area contributed by atoms with E-state index in [2.05, 4.69) is 23.7 Å². The van der Waals surface area contributed by atoms with Crippen LogP contribution in [0.2, 0.25) is 0 Å². The van der Waals surface area contributed by atoms with Gasteiger partial charge in [-0.25, -0.2) is 4.79 Å². The SMILES string of the molecule is C=C1NC(=O)C(C#CCOC(=O)c2ccccc2)=CN1[C@@H]1O[C@@]2(COC)CO[C@H]1C2OP(C)(=O)O. The van der Waals surface area contributed by atoms with Crippen molar-refractivity contribution in [2.75, 3.05) is 33.6 Å². The molecule has 3 aliphatic heterocycles. The van der Waals surface area contributed by atoms with Gasteiger partial charge >= 0.3 is 13.6 Å². The molecule has 186 valence electrons. The minimum atomic E-state index is -3.87. The third kappa shape index (κ3) is 5.33. The number of hydrogen-bond donors (Lipinski definition) is 2. The van der Waals surface area contributed by atoms with E-state index in [4.69, 9.17) is 23.5 Å². The standard InChI is InChI=1S/C23H25N2O9P/c1-15-24-20(26)17(10-7-11-31-22(27)16-8-5-4-6-9-16)12-25(15)21-18-19(34-35(3,28)29)23(33-21,13-30-2)14-32-18/h4-6,8-9,12,18-19,21H,1,11,13-14H2,2-3H3,(H,24,26)(H,28,29)/t18-,19?,21+,23-/m0/s1. The summed E-state index contributed by atoms with van der Waals surface area (Å²) in [5, 5.41) is 2.60. The normalized spacial score (nSPS) is 29.1. The Bertz CT molecular complexity index is 1150. The quantitative estimate of drug-likeness (QED) is 0.315. The van der Waals surface area contributed by atoms with E-state index in [9.17, 15) is 19.0 Å². The summed E-state index contributed by atoms with van der Waals surface area (Å²) in [6.07, 6.45) is -1.06. The van der Waals surface area contributed by atoms with Crippen molar-refractivity contribution in [1.29, 1.82) is 0 Å². The first-order valence-electron chi connectivity index (χ1n) is 10.6. The van der Waals surface area contributed by atoms with Crippen LogP contribution in [0.1, 0.15) is 10.4 Å². The van der Waals surface area contributed by atoms with Crippen molar-refractivity contribution in [3.63, 3.8) is 0 Å². The maximum atomic E-state index is 12.4. The molecule has 12 heteroatoms. The van der Waals surface area contributed by atoms with Crippen molar-refractivity contribution in [2.45, 2.75) is 24.0 Å². The van der Waals surface area contributed by atoms with E-state index in [-0.39, 0.29) is 31.2 Å². The highest BCUT2D eigenvalue weighted by Crippen LogP contribution is 2.51. The molecule has 5 atom stereocenters. The molecular weight excluding hydrogens is 479 g/mol. The van der Waals surface area contributed by atoms with Gasteiger partial charge < -0.3 is 34.1 Å². The lowest BCUT2D eigenvalue weighted by Gasteiger charge is -2.38. The second-order valence-corrected chi connectivity index (χ2v) is 10.0. The Morgan fingerprint density at radius 3 is 2.83 bits per heavy atom. The number of fused-ring (bicyclic) bond motifs is 2. The molecule has 35 heavy (non-hydrogen) atoms. The minimum Gasteiger partial charge on any atom is -0.449 e. The molecule has 3 aliphatic rings. The molecule has 1 aromatic rings. The van der Waals surface area contributed by atoms with Crippen molar-refractivity contribution < 1.29 is 42.5 Å². The van der Waals surface area contributed by atoms with Crippen LogP contribution in [-0.2, 0) is 32.8 Å². The molecule has 1 aromatic carbocycles. The van der Waals surface area contributed by atoms with Gasteiger partial charge in [-0.15, -0.1) is 0 Å². The van der Waals surface area contributed by atoms with Crippen molar-refractivity contribution in [3.05, 3.63) is 60.1 Å². The molecule has 0 saturated carbocycles. The third-order valence-corrected chi connectivity index (χ3v) is 6.15. The third-order valence-electron chi connectivity index (χ3n) is 5.54. The van der Waals surface area contributed by atoms with Gasteiger partial charge in [-0.3, -0.25) is 13.9 Å². The highest BCUT2D eigenvalue weighted by atomic mass is 31.2. The Morgan fingerprint density at radius 1 is 1.40 bits per heavy atom.